The number of alkyl halides is 6. The van der Waals surface area contributed by atoms with Crippen LogP contribution >= 0.6 is 14.8 Å². The van der Waals surface area contributed by atoms with Gasteiger partial charge in [0, 0.05) is 0 Å². The number of halogens is 6. The molecule has 1 unspecified atom stereocenters. The first-order chi connectivity index (χ1) is 27.4. The molecule has 6 aromatic carbocycles. The summed E-state index contributed by atoms with van der Waals surface area (Å²) in [5.41, 5.74) is -16.2. The van der Waals surface area contributed by atoms with Gasteiger partial charge in [-0.2, -0.15) is 0 Å². The van der Waals surface area contributed by atoms with Gasteiger partial charge in [0.25, 0.3) is 0 Å². The summed E-state index contributed by atoms with van der Waals surface area (Å²) in [6.45, 7) is 2.09. The minimum atomic E-state index is -7.38. The topological polar surface area (TPSA) is 74.8 Å². The maximum atomic E-state index is 15.2. The van der Waals surface area contributed by atoms with Crippen LogP contribution in [0.2, 0.25) is 0 Å². The van der Waals surface area contributed by atoms with Gasteiger partial charge in [0.1, 0.15) is 0 Å². The van der Waals surface area contributed by atoms with Gasteiger partial charge < -0.3 is 0 Å². The van der Waals surface area contributed by atoms with Crippen molar-refractivity contribution in [3.8, 4) is 0 Å². The van der Waals surface area contributed by atoms with E-state index in [0.717, 1.165) is 6.92 Å². The normalized spacial score (nSPS) is 14.9. The fourth-order valence-electron chi connectivity index (χ4n) is 8.03. The van der Waals surface area contributed by atoms with Crippen molar-refractivity contribution >= 4 is 66.7 Å². The van der Waals surface area contributed by atoms with Crippen molar-refractivity contribution in [3.63, 3.8) is 0 Å². The first kappa shape index (κ1) is 43.2. The van der Waals surface area contributed by atoms with Crippen molar-refractivity contribution in [2.75, 3.05) is 0 Å². The van der Waals surface area contributed by atoms with Crippen LogP contribution in [0.3, 0.4) is 0 Å². The molecule has 0 spiro atoms. The number of hydrogen-bond acceptors (Lipinski definition) is 5. The summed E-state index contributed by atoms with van der Waals surface area (Å²) in [6.07, 6.45) is -0.875. The second kappa shape index (κ2) is 16.3. The number of sulfonamides is 2. The number of rotatable bonds is 13. The molecule has 0 N–H and O–H groups in total. The molecule has 0 saturated heterocycles. The molecule has 0 aliphatic heterocycles. The second-order valence-corrected chi connectivity index (χ2v) is 25.1. The second-order valence-electron chi connectivity index (χ2n) is 13.6. The Bertz CT molecular complexity index is 2160. The Morgan fingerprint density at radius 1 is 0.414 bits per heavy atom. The van der Waals surface area contributed by atoms with Crippen LogP contribution in [0.5, 0.6) is 0 Å². The van der Waals surface area contributed by atoms with Crippen LogP contribution < -0.4 is 31.8 Å². The molecule has 16 heteroatoms. The van der Waals surface area contributed by atoms with Gasteiger partial charge in [0.2, 0.25) is 0 Å². The maximum absolute atomic E-state index is 15.2. The average Bonchev–Trinajstić information content (AvgIpc) is 3.22. The van der Waals surface area contributed by atoms with E-state index in [1.54, 1.807) is 182 Å². The Morgan fingerprint density at radius 2 is 0.603 bits per heavy atom. The number of benzene rings is 6. The van der Waals surface area contributed by atoms with Crippen LogP contribution in [0.25, 0.3) is 0 Å². The van der Waals surface area contributed by atoms with Gasteiger partial charge in [-0.05, 0) is 0 Å². The van der Waals surface area contributed by atoms with Crippen LogP contribution in [-0.4, -0.2) is 41.7 Å². The van der Waals surface area contributed by atoms with E-state index in [-0.39, 0.29) is 0 Å². The Balaban J connectivity index is 2.07. The quantitative estimate of drug-likeness (QED) is 0.0676. The van der Waals surface area contributed by atoms with E-state index in [4.69, 9.17) is 0 Å². The van der Waals surface area contributed by atoms with Crippen LogP contribution in [0.4, 0.5) is 26.3 Å². The molecule has 0 saturated carbocycles. The van der Waals surface area contributed by atoms with Gasteiger partial charge in [0.05, 0.1) is 0 Å². The van der Waals surface area contributed by atoms with Crippen molar-refractivity contribution in [1.82, 2.24) is 8.15 Å². The van der Waals surface area contributed by atoms with Crippen LogP contribution in [-0.2, 0) is 20.0 Å². The standard InChI is InChI=1S/C42H40F6N2O4P2S2/c1-3-40(2,50(57(51,52)41(43,44)45)58(53,54)42(46,47)48)49(55(34-22-10-4-11-23-34,35-24-12-5-13-25-35)36-26-14-6-15-27-36)56(37-28-16-7-17-29-37,38-30-18-8-19-31-38)39-32-20-9-21-33-39/h4-33,55-56H,3H2,1-2H3. The molecular weight excluding hydrogens is 837 g/mol. The Morgan fingerprint density at radius 3 is 0.759 bits per heavy atom. The third kappa shape index (κ3) is 7.07. The van der Waals surface area contributed by atoms with Gasteiger partial charge >= 0.3 is 337 Å². The molecule has 6 aromatic rings. The molecule has 6 rings (SSSR count). The van der Waals surface area contributed by atoms with Gasteiger partial charge in [0.15, 0.2) is 0 Å². The third-order valence-electron chi connectivity index (χ3n) is 10.4. The summed E-state index contributed by atoms with van der Waals surface area (Å²) < 4.78 is 148. The predicted octanol–water partition coefficient (Wildman–Crippen LogP) is 7.70. The molecule has 0 radical (unpaired) electrons. The van der Waals surface area contributed by atoms with Crippen molar-refractivity contribution in [2.24, 2.45) is 0 Å². The fraction of sp³-hybridized carbons (Fsp3) is 0.143. The predicted molar refractivity (Wildman–Crippen MR) is 225 cm³/mol. The molecule has 1 atom stereocenters. The van der Waals surface area contributed by atoms with Crippen LogP contribution in [0.1, 0.15) is 20.3 Å². The van der Waals surface area contributed by atoms with Crippen molar-refractivity contribution in [2.45, 2.75) is 36.9 Å². The van der Waals surface area contributed by atoms with E-state index in [0.29, 0.717) is 31.8 Å². The molecule has 306 valence electrons. The zero-order valence-electron chi connectivity index (χ0n) is 31.1. The SMILES string of the molecule is CCC(C)(N([PH](c1ccccc1)(c1ccccc1)c1ccccc1)[PH](c1ccccc1)(c1ccccc1)c1ccccc1)N(S(=O)(=O)C(F)(F)F)S(=O)(=O)C(F)(F)F. The molecule has 6 nitrogen and oxygen atoms in total. The van der Waals surface area contributed by atoms with E-state index < -0.39 is 61.7 Å². The average molecular weight is 877 g/mol. The van der Waals surface area contributed by atoms with Crippen molar-refractivity contribution in [3.05, 3.63) is 182 Å². The molecule has 0 amide bonds. The summed E-state index contributed by atoms with van der Waals surface area (Å²) in [6, 6.07) is 50.8. The zero-order valence-corrected chi connectivity index (χ0v) is 34.8. The number of nitrogens with zero attached hydrogens (tertiary/aromatic N) is 2. The first-order valence-electron chi connectivity index (χ1n) is 18.0. The van der Waals surface area contributed by atoms with Gasteiger partial charge in [-0.1, -0.05) is 0 Å². The van der Waals surface area contributed by atoms with Crippen molar-refractivity contribution in [1.29, 1.82) is 0 Å². The summed E-state index contributed by atoms with van der Waals surface area (Å²) in [4.78, 5) is 0. The number of hydrogen-bond donors (Lipinski definition) is 0. The molecule has 0 aliphatic rings. The van der Waals surface area contributed by atoms with E-state index >= 15 is 26.3 Å². The summed E-state index contributed by atoms with van der Waals surface area (Å²) in [5.74, 6) is 0. The van der Waals surface area contributed by atoms with E-state index in [1.807, 2.05) is 0 Å². The third-order valence-corrected chi connectivity index (χ3v) is 25.7. The summed E-state index contributed by atoms with van der Waals surface area (Å²) in [5, 5.41) is 2.59. The molecule has 0 aromatic heterocycles. The van der Waals surface area contributed by atoms with E-state index in [2.05, 4.69) is 0 Å². The zero-order chi connectivity index (χ0) is 42.0. The summed E-state index contributed by atoms with van der Waals surface area (Å²) in [7, 11) is -24.0. The van der Waals surface area contributed by atoms with Crippen LogP contribution in [0, 0.1) is 0 Å². The fourth-order valence-corrected chi connectivity index (χ4v) is 25.6. The Labute approximate surface area is 335 Å². The minimum absolute atomic E-state index is 0.431. The monoisotopic (exact) mass is 876 g/mol. The van der Waals surface area contributed by atoms with Crippen LogP contribution in [0.15, 0.2) is 182 Å². The molecule has 0 fully saturated rings. The van der Waals surface area contributed by atoms with E-state index in [1.165, 1.54) is 11.4 Å². The summed E-state index contributed by atoms with van der Waals surface area (Å²) >= 11 is 0. The molecular formula is C42H40F6N2O4P2S2. The first-order valence-corrected chi connectivity index (χ1v) is 24.8. The van der Waals surface area contributed by atoms with Gasteiger partial charge in [-0.3, -0.25) is 0 Å². The Kier molecular flexibility index (Phi) is 12.1. The molecule has 0 aliphatic carbocycles. The van der Waals surface area contributed by atoms with Gasteiger partial charge in [-0.15, -0.1) is 0 Å². The van der Waals surface area contributed by atoms with Crippen molar-refractivity contribution < 1.29 is 43.2 Å². The Hall–Kier alpha value is -4.42. The molecule has 58 heavy (non-hydrogen) atoms. The van der Waals surface area contributed by atoms with E-state index in [9.17, 15) is 16.8 Å². The molecule has 0 heterocycles. The molecule has 0 bridgehead atoms. The van der Waals surface area contributed by atoms with Gasteiger partial charge in [-0.25, -0.2) is 0 Å².